The minimum Gasteiger partial charge on any atom is -0.490 e. The molecule has 2 unspecified atom stereocenters. The highest BCUT2D eigenvalue weighted by Gasteiger charge is 2.40. The van der Waals surface area contributed by atoms with Crippen LogP contribution in [0.25, 0.3) is 0 Å². The molecule has 0 aromatic heterocycles. The summed E-state index contributed by atoms with van der Waals surface area (Å²) in [6, 6.07) is 5.36. The number of benzene rings is 1. The quantitative estimate of drug-likeness (QED) is 0.220. The molecule has 0 bridgehead atoms. The van der Waals surface area contributed by atoms with Crippen LogP contribution in [0.4, 0.5) is 0 Å². The van der Waals surface area contributed by atoms with Crippen molar-refractivity contribution in [2.24, 2.45) is 5.41 Å². The lowest BCUT2D eigenvalue weighted by atomic mass is 9.69. The molecule has 0 spiro atoms. The Morgan fingerprint density at radius 3 is 2.20 bits per heavy atom. The number of rotatable bonds is 15. The summed E-state index contributed by atoms with van der Waals surface area (Å²) in [7, 11) is 1.51. The number of amides is 1. The maximum absolute atomic E-state index is 12.6. The van der Waals surface area contributed by atoms with Crippen molar-refractivity contribution in [2.45, 2.75) is 111 Å². The molecular formula is C34H53NO5. The Bertz CT molecular complexity index is 1090. The summed E-state index contributed by atoms with van der Waals surface area (Å²) in [6.07, 6.45) is 9.15. The van der Waals surface area contributed by atoms with Gasteiger partial charge in [0.25, 0.3) is 0 Å². The molecule has 6 nitrogen and oxygen atoms in total. The number of carboxylic acids is 1. The number of ether oxygens (including phenoxy) is 1. The average molecular weight is 556 g/mol. The van der Waals surface area contributed by atoms with Crippen molar-refractivity contribution in [3.8, 4) is 5.75 Å². The van der Waals surface area contributed by atoms with Crippen molar-refractivity contribution in [3.05, 3.63) is 65.3 Å². The highest BCUT2D eigenvalue weighted by molar-refractivity contribution is 5.84. The molecule has 0 heterocycles. The van der Waals surface area contributed by atoms with Crippen molar-refractivity contribution in [1.82, 2.24) is 4.90 Å². The third-order valence-corrected chi connectivity index (χ3v) is 8.34. The van der Waals surface area contributed by atoms with E-state index in [0.29, 0.717) is 6.42 Å². The van der Waals surface area contributed by atoms with Gasteiger partial charge in [0.15, 0.2) is 0 Å². The summed E-state index contributed by atoms with van der Waals surface area (Å²) in [4.78, 5) is 25.1. The van der Waals surface area contributed by atoms with Gasteiger partial charge in [-0.05, 0) is 68.2 Å². The van der Waals surface area contributed by atoms with Gasteiger partial charge >= 0.3 is 5.97 Å². The summed E-state index contributed by atoms with van der Waals surface area (Å²) in [5, 5.41) is 20.6. The fraction of sp³-hybridized carbons (Fsp3) is 0.588. The first-order valence-electron chi connectivity index (χ1n) is 14.5. The highest BCUT2D eigenvalue weighted by Crippen LogP contribution is 2.42. The molecule has 0 fully saturated rings. The van der Waals surface area contributed by atoms with E-state index in [9.17, 15) is 19.8 Å². The number of carboxylic acid groups (broad SMARTS) is 1. The molecule has 40 heavy (non-hydrogen) atoms. The summed E-state index contributed by atoms with van der Waals surface area (Å²) in [6.45, 7) is 22.3. The van der Waals surface area contributed by atoms with E-state index in [1.165, 1.54) is 18.9 Å². The van der Waals surface area contributed by atoms with Gasteiger partial charge in [-0.1, -0.05) is 90.5 Å². The van der Waals surface area contributed by atoms with Crippen molar-refractivity contribution in [2.75, 3.05) is 13.7 Å². The van der Waals surface area contributed by atoms with E-state index in [2.05, 4.69) is 45.6 Å². The first-order valence-corrected chi connectivity index (χ1v) is 14.5. The second-order valence-electron chi connectivity index (χ2n) is 12.2. The van der Waals surface area contributed by atoms with Crippen molar-refractivity contribution in [3.63, 3.8) is 0 Å². The number of nitrogens with zero attached hydrogens (tertiary/aromatic N) is 1. The second-order valence-corrected chi connectivity index (χ2v) is 12.2. The highest BCUT2D eigenvalue weighted by atomic mass is 16.5. The zero-order valence-corrected chi connectivity index (χ0v) is 26.6. The van der Waals surface area contributed by atoms with E-state index < -0.39 is 17.6 Å². The third kappa shape index (κ3) is 8.57. The average Bonchev–Trinajstić information content (AvgIpc) is 2.87. The predicted molar refractivity (Wildman–Crippen MR) is 165 cm³/mol. The van der Waals surface area contributed by atoms with Crippen LogP contribution in [-0.2, 0) is 15.0 Å². The fourth-order valence-corrected chi connectivity index (χ4v) is 5.04. The Morgan fingerprint density at radius 1 is 1.15 bits per heavy atom. The molecule has 0 saturated carbocycles. The molecule has 1 aromatic rings. The number of aliphatic hydroxyl groups is 1. The van der Waals surface area contributed by atoms with Gasteiger partial charge in [0.05, 0.1) is 0 Å². The second kappa shape index (κ2) is 14.7. The van der Waals surface area contributed by atoms with Gasteiger partial charge in [-0.25, -0.2) is 4.79 Å². The van der Waals surface area contributed by atoms with Crippen LogP contribution >= 0.6 is 0 Å². The lowest BCUT2D eigenvalue weighted by Gasteiger charge is -2.40. The minimum absolute atomic E-state index is 0.103. The van der Waals surface area contributed by atoms with Gasteiger partial charge in [0, 0.05) is 18.9 Å². The molecule has 224 valence electrons. The van der Waals surface area contributed by atoms with Crippen LogP contribution < -0.4 is 4.74 Å². The summed E-state index contributed by atoms with van der Waals surface area (Å²) >= 11 is 0. The van der Waals surface area contributed by atoms with E-state index in [1.54, 1.807) is 0 Å². The van der Waals surface area contributed by atoms with Crippen molar-refractivity contribution >= 4 is 11.9 Å². The number of hydrogen-bond donors (Lipinski definition) is 2. The lowest BCUT2D eigenvalue weighted by Crippen LogP contribution is -2.47. The number of aliphatic carboxylic acids is 1. The molecule has 6 heteroatoms. The lowest BCUT2D eigenvalue weighted by molar-refractivity contribution is -0.147. The SMILES string of the molecule is C=C(C)/C=C(\C=C/CC(=O)N(C)C(C)C(=O)O)C(CC)(CC)c1ccc(OCC(O)(CCC)C(C)(C)C)c(C)c1. The summed E-state index contributed by atoms with van der Waals surface area (Å²) in [5.41, 5.74) is 2.52. The molecule has 0 radical (unpaired) electrons. The van der Waals surface area contributed by atoms with Crippen LogP contribution in [0.3, 0.4) is 0 Å². The molecule has 0 aliphatic heterocycles. The minimum atomic E-state index is -1.03. The number of allylic oxidation sites excluding steroid dienone is 4. The largest absolute Gasteiger partial charge is 0.490 e. The topological polar surface area (TPSA) is 87.1 Å². The molecular weight excluding hydrogens is 502 g/mol. The number of likely N-dealkylation sites (N-methyl/N-ethyl adjacent to an activating group) is 1. The van der Waals surface area contributed by atoms with Gasteiger partial charge in [-0.2, -0.15) is 0 Å². The molecule has 0 aliphatic rings. The van der Waals surface area contributed by atoms with Crippen molar-refractivity contribution < 1.29 is 24.5 Å². The van der Waals surface area contributed by atoms with Gasteiger partial charge in [0.1, 0.15) is 24.0 Å². The fourth-order valence-electron chi connectivity index (χ4n) is 5.04. The van der Waals surface area contributed by atoms with E-state index in [-0.39, 0.29) is 29.8 Å². The van der Waals surface area contributed by atoms with Crippen LogP contribution in [0.15, 0.2) is 54.2 Å². The van der Waals surface area contributed by atoms with Crippen LogP contribution in [0.1, 0.15) is 98.6 Å². The number of carbonyl (C=O) groups is 2. The van der Waals surface area contributed by atoms with E-state index >= 15 is 0 Å². The summed E-state index contributed by atoms with van der Waals surface area (Å²) in [5.74, 6) is -0.532. The van der Waals surface area contributed by atoms with Crippen LogP contribution in [-0.4, -0.2) is 52.3 Å². The van der Waals surface area contributed by atoms with E-state index in [1.807, 2.05) is 52.8 Å². The predicted octanol–water partition coefficient (Wildman–Crippen LogP) is 7.39. The zero-order valence-electron chi connectivity index (χ0n) is 26.6. The zero-order chi connectivity index (χ0) is 30.9. The van der Waals surface area contributed by atoms with Crippen LogP contribution in [0.2, 0.25) is 0 Å². The van der Waals surface area contributed by atoms with E-state index in [4.69, 9.17) is 4.74 Å². The first-order chi connectivity index (χ1) is 18.5. The maximum Gasteiger partial charge on any atom is 0.326 e. The molecule has 0 saturated heterocycles. The molecule has 0 aliphatic carbocycles. The smallest absolute Gasteiger partial charge is 0.326 e. The number of aryl methyl sites for hydroxylation is 1. The van der Waals surface area contributed by atoms with Gasteiger partial charge < -0.3 is 19.8 Å². The molecule has 2 N–H and O–H groups in total. The first kappa shape index (κ1) is 35.2. The van der Waals surface area contributed by atoms with Crippen LogP contribution in [0, 0.1) is 12.3 Å². The third-order valence-electron chi connectivity index (χ3n) is 8.34. The Hall–Kier alpha value is -2.86. The van der Waals surface area contributed by atoms with E-state index in [0.717, 1.165) is 47.3 Å². The molecule has 2 atom stereocenters. The molecule has 1 rings (SSSR count). The Labute approximate surface area is 242 Å². The Morgan fingerprint density at radius 2 is 1.75 bits per heavy atom. The van der Waals surface area contributed by atoms with Crippen LogP contribution in [0.5, 0.6) is 5.75 Å². The van der Waals surface area contributed by atoms with Gasteiger partial charge in [-0.3, -0.25) is 4.79 Å². The monoisotopic (exact) mass is 555 g/mol. The molecule has 1 amide bonds. The van der Waals surface area contributed by atoms with Gasteiger partial charge in [0.2, 0.25) is 5.91 Å². The number of carbonyl (C=O) groups excluding carboxylic acids is 1. The van der Waals surface area contributed by atoms with Gasteiger partial charge in [-0.15, -0.1) is 0 Å². The van der Waals surface area contributed by atoms with Crippen molar-refractivity contribution in [1.29, 1.82) is 0 Å². The molecule has 1 aromatic carbocycles. The summed E-state index contributed by atoms with van der Waals surface area (Å²) < 4.78 is 6.21. The Balaban J connectivity index is 3.37. The number of hydrogen-bond acceptors (Lipinski definition) is 4. The normalized spacial score (nSPS) is 15.0. The Kier molecular flexibility index (Phi) is 12.9. The maximum atomic E-state index is 12.6. The standard InChI is InChI=1S/C34H53NO5/c1-12-20-34(39,32(8,9)10)23-40-29-19-18-28(22-25(29)6)33(13-2,14-3)27(21-24(4)5)16-15-17-30(36)35(11)26(7)31(37)38/h15-16,18-19,21-22,26,39H,4,12-14,17,20,23H2,1-3,5-11H3,(H,37,38)/b16-15-,27-21+.